The summed E-state index contributed by atoms with van der Waals surface area (Å²) in [7, 11) is 0. The molecule has 0 aromatic heterocycles. The number of phenols is 1. The number of hydrogen-bond donors (Lipinski definition) is 2. The number of phenolic OH excluding ortho intramolecular Hbond substituents is 1. The van der Waals surface area contributed by atoms with Crippen LogP contribution >= 0.6 is 0 Å². The van der Waals surface area contributed by atoms with Crippen molar-refractivity contribution >= 4 is 5.97 Å². The first-order valence-electron chi connectivity index (χ1n) is 7.73. The average Bonchev–Trinajstić information content (AvgIpc) is 2.79. The van der Waals surface area contributed by atoms with Gasteiger partial charge in [0.05, 0.1) is 5.41 Å². The standard InChI is InChI=1S/C17H22O3/c18-14-9-8-12-6-2-1-3-7-13(12)15(14)17(16(19)20)10-4-5-11-17/h8-9,18H,1-7,10-11H2,(H,19,20). The van der Waals surface area contributed by atoms with E-state index >= 15 is 0 Å². The molecule has 108 valence electrons. The van der Waals surface area contributed by atoms with E-state index in [0.29, 0.717) is 12.8 Å². The number of fused-ring (bicyclic) bond motifs is 1. The van der Waals surface area contributed by atoms with Gasteiger partial charge in [0.15, 0.2) is 0 Å². The smallest absolute Gasteiger partial charge is 0.314 e. The SMILES string of the molecule is O=C(O)C1(c2c(O)ccc3c2CCCCC3)CCCC1. The molecule has 0 saturated heterocycles. The van der Waals surface area contributed by atoms with Crippen molar-refractivity contribution in [2.24, 2.45) is 0 Å². The molecule has 0 bridgehead atoms. The Morgan fingerprint density at radius 2 is 1.70 bits per heavy atom. The summed E-state index contributed by atoms with van der Waals surface area (Å²) in [6.45, 7) is 0. The molecule has 0 radical (unpaired) electrons. The zero-order chi connectivity index (χ0) is 14.2. The fraction of sp³-hybridized carbons (Fsp3) is 0.588. The fourth-order valence-electron chi connectivity index (χ4n) is 4.08. The third-order valence-corrected chi connectivity index (χ3v) is 5.11. The molecule has 0 amide bonds. The van der Waals surface area contributed by atoms with Crippen molar-refractivity contribution in [2.75, 3.05) is 0 Å². The lowest BCUT2D eigenvalue weighted by molar-refractivity contribution is -0.143. The van der Waals surface area contributed by atoms with Crippen molar-refractivity contribution in [1.82, 2.24) is 0 Å². The van der Waals surface area contributed by atoms with E-state index in [4.69, 9.17) is 0 Å². The summed E-state index contributed by atoms with van der Waals surface area (Å²) in [5.41, 5.74) is 2.27. The lowest BCUT2D eigenvalue weighted by atomic mass is 9.74. The summed E-state index contributed by atoms with van der Waals surface area (Å²) >= 11 is 0. The van der Waals surface area contributed by atoms with Gasteiger partial charge < -0.3 is 10.2 Å². The van der Waals surface area contributed by atoms with Gasteiger partial charge in [-0.25, -0.2) is 0 Å². The van der Waals surface area contributed by atoms with E-state index in [1.165, 1.54) is 12.0 Å². The van der Waals surface area contributed by atoms with Crippen molar-refractivity contribution < 1.29 is 15.0 Å². The van der Waals surface area contributed by atoms with Crippen LogP contribution in [0, 0.1) is 0 Å². The minimum Gasteiger partial charge on any atom is -0.508 e. The third-order valence-electron chi connectivity index (χ3n) is 5.11. The second-order valence-electron chi connectivity index (χ2n) is 6.25. The Morgan fingerprint density at radius 3 is 2.40 bits per heavy atom. The quantitative estimate of drug-likeness (QED) is 0.811. The van der Waals surface area contributed by atoms with E-state index in [-0.39, 0.29) is 5.75 Å². The molecule has 0 aliphatic heterocycles. The summed E-state index contributed by atoms with van der Waals surface area (Å²) in [5, 5.41) is 20.2. The van der Waals surface area contributed by atoms with E-state index in [9.17, 15) is 15.0 Å². The van der Waals surface area contributed by atoms with Crippen LogP contribution in [0.15, 0.2) is 12.1 Å². The maximum absolute atomic E-state index is 11.9. The molecule has 0 heterocycles. The summed E-state index contributed by atoms with van der Waals surface area (Å²) in [6.07, 6.45) is 8.57. The zero-order valence-electron chi connectivity index (χ0n) is 11.8. The highest BCUT2D eigenvalue weighted by Crippen LogP contribution is 2.47. The molecule has 20 heavy (non-hydrogen) atoms. The monoisotopic (exact) mass is 274 g/mol. The van der Waals surface area contributed by atoms with Gasteiger partial charge in [0.25, 0.3) is 0 Å². The molecule has 1 fully saturated rings. The van der Waals surface area contributed by atoms with Crippen LogP contribution in [0.3, 0.4) is 0 Å². The Labute approximate surface area is 119 Å². The number of hydrogen-bond acceptors (Lipinski definition) is 2. The van der Waals surface area contributed by atoms with E-state index < -0.39 is 11.4 Å². The molecular weight excluding hydrogens is 252 g/mol. The van der Waals surface area contributed by atoms with Crippen LogP contribution < -0.4 is 0 Å². The topological polar surface area (TPSA) is 57.5 Å². The summed E-state index contributed by atoms with van der Waals surface area (Å²) in [6, 6.07) is 3.70. The van der Waals surface area contributed by atoms with E-state index in [1.54, 1.807) is 6.07 Å². The Balaban J connectivity index is 2.19. The van der Waals surface area contributed by atoms with Gasteiger partial charge in [-0.05, 0) is 55.7 Å². The van der Waals surface area contributed by atoms with Crippen molar-refractivity contribution in [1.29, 1.82) is 0 Å². The molecule has 0 unspecified atom stereocenters. The third kappa shape index (κ3) is 2.00. The second-order valence-corrected chi connectivity index (χ2v) is 6.25. The molecular formula is C17H22O3. The minimum atomic E-state index is -0.847. The Bertz CT molecular complexity index is 527. The molecule has 2 aliphatic rings. The minimum absolute atomic E-state index is 0.190. The Kier molecular flexibility index (Phi) is 3.45. The van der Waals surface area contributed by atoms with Crippen LogP contribution in [-0.4, -0.2) is 16.2 Å². The molecule has 3 nitrogen and oxygen atoms in total. The number of carboxylic acids is 1. The first-order chi connectivity index (χ1) is 9.65. The Hall–Kier alpha value is -1.51. The number of benzene rings is 1. The Morgan fingerprint density at radius 1 is 1.00 bits per heavy atom. The predicted octanol–water partition coefficient (Wildman–Crippen LogP) is 3.56. The lowest BCUT2D eigenvalue weighted by Crippen LogP contribution is -2.34. The van der Waals surface area contributed by atoms with Gasteiger partial charge in [-0.1, -0.05) is 25.3 Å². The number of carboxylic acid groups (broad SMARTS) is 1. The molecule has 0 atom stereocenters. The molecule has 3 rings (SSSR count). The zero-order valence-corrected chi connectivity index (χ0v) is 11.8. The van der Waals surface area contributed by atoms with Crippen molar-refractivity contribution in [3.05, 3.63) is 28.8 Å². The van der Waals surface area contributed by atoms with Gasteiger partial charge in [0.2, 0.25) is 0 Å². The number of rotatable bonds is 2. The van der Waals surface area contributed by atoms with Gasteiger partial charge in [-0.3, -0.25) is 4.79 Å². The van der Waals surface area contributed by atoms with Gasteiger partial charge in [0, 0.05) is 5.56 Å². The molecule has 3 heteroatoms. The van der Waals surface area contributed by atoms with Crippen LogP contribution in [0.25, 0.3) is 0 Å². The second kappa shape index (κ2) is 5.12. The van der Waals surface area contributed by atoms with Gasteiger partial charge >= 0.3 is 5.97 Å². The predicted molar refractivity (Wildman–Crippen MR) is 77.1 cm³/mol. The molecule has 1 aromatic carbocycles. The van der Waals surface area contributed by atoms with Gasteiger partial charge in [-0.15, -0.1) is 0 Å². The maximum atomic E-state index is 11.9. The lowest BCUT2D eigenvalue weighted by Gasteiger charge is -2.29. The number of carbonyl (C=O) groups is 1. The van der Waals surface area contributed by atoms with Crippen molar-refractivity contribution in [3.63, 3.8) is 0 Å². The van der Waals surface area contributed by atoms with E-state index in [1.807, 2.05) is 6.07 Å². The van der Waals surface area contributed by atoms with Crippen molar-refractivity contribution in [2.45, 2.75) is 63.2 Å². The fourth-order valence-corrected chi connectivity index (χ4v) is 4.08. The summed E-state index contributed by atoms with van der Waals surface area (Å²) in [4.78, 5) is 11.9. The number of aromatic hydroxyl groups is 1. The normalized spacial score (nSPS) is 21.2. The molecule has 1 saturated carbocycles. The molecule has 1 aromatic rings. The maximum Gasteiger partial charge on any atom is 0.314 e. The van der Waals surface area contributed by atoms with Crippen LogP contribution in [0.4, 0.5) is 0 Å². The first-order valence-corrected chi connectivity index (χ1v) is 7.73. The largest absolute Gasteiger partial charge is 0.508 e. The number of aryl methyl sites for hydroxylation is 1. The molecule has 0 spiro atoms. The summed E-state index contributed by atoms with van der Waals surface area (Å²) < 4.78 is 0. The molecule has 2 N–H and O–H groups in total. The van der Waals surface area contributed by atoms with Crippen LogP contribution in [0.5, 0.6) is 5.75 Å². The highest BCUT2D eigenvalue weighted by Gasteiger charge is 2.46. The highest BCUT2D eigenvalue weighted by molar-refractivity contribution is 5.84. The highest BCUT2D eigenvalue weighted by atomic mass is 16.4. The average molecular weight is 274 g/mol. The van der Waals surface area contributed by atoms with Crippen LogP contribution in [-0.2, 0) is 23.1 Å². The summed E-state index contributed by atoms with van der Waals surface area (Å²) in [5.74, 6) is -0.571. The van der Waals surface area contributed by atoms with E-state index in [2.05, 4.69) is 0 Å². The number of aliphatic carboxylic acids is 1. The van der Waals surface area contributed by atoms with Gasteiger partial charge in [-0.2, -0.15) is 0 Å². The van der Waals surface area contributed by atoms with E-state index in [0.717, 1.165) is 49.7 Å². The van der Waals surface area contributed by atoms with Crippen LogP contribution in [0.1, 0.15) is 61.6 Å². The van der Waals surface area contributed by atoms with Crippen LogP contribution in [0.2, 0.25) is 0 Å². The molecule has 2 aliphatic carbocycles. The van der Waals surface area contributed by atoms with Gasteiger partial charge in [0.1, 0.15) is 5.75 Å². The first kappa shape index (κ1) is 13.5. The van der Waals surface area contributed by atoms with Crippen molar-refractivity contribution in [3.8, 4) is 5.75 Å².